The van der Waals surface area contributed by atoms with Gasteiger partial charge in [-0.2, -0.15) is 0 Å². The molecule has 0 aromatic heterocycles. The fraction of sp³-hybridized carbons (Fsp3) is 0.867. The number of aliphatic carboxylic acids is 1. The molecule has 1 amide bonds. The topological polar surface area (TPSA) is 66.4 Å². The Hall–Kier alpha value is -1.06. The first-order valence-electron chi connectivity index (χ1n) is 7.54. The van der Waals surface area contributed by atoms with E-state index in [0.29, 0.717) is 12.8 Å². The van der Waals surface area contributed by atoms with Gasteiger partial charge in [0.2, 0.25) is 5.91 Å². The van der Waals surface area contributed by atoms with Crippen LogP contribution in [0.4, 0.5) is 0 Å². The Kier molecular flexibility index (Phi) is 5.83. The summed E-state index contributed by atoms with van der Waals surface area (Å²) in [7, 11) is 0. The van der Waals surface area contributed by atoms with Gasteiger partial charge < -0.3 is 10.4 Å². The Morgan fingerprint density at radius 1 is 1.05 bits per heavy atom. The molecule has 19 heavy (non-hydrogen) atoms. The van der Waals surface area contributed by atoms with Crippen molar-refractivity contribution in [3.8, 4) is 0 Å². The number of nitrogens with one attached hydrogen (secondary N) is 1. The van der Waals surface area contributed by atoms with E-state index in [1.807, 2.05) is 0 Å². The van der Waals surface area contributed by atoms with Gasteiger partial charge in [-0.3, -0.25) is 9.59 Å². The van der Waals surface area contributed by atoms with Gasteiger partial charge in [-0.15, -0.1) is 0 Å². The highest BCUT2D eigenvalue weighted by molar-refractivity contribution is 5.85. The number of amides is 1. The van der Waals surface area contributed by atoms with Crippen molar-refractivity contribution >= 4 is 11.9 Å². The van der Waals surface area contributed by atoms with Crippen LogP contribution in [0, 0.1) is 11.8 Å². The highest BCUT2D eigenvalue weighted by Crippen LogP contribution is 2.31. The summed E-state index contributed by atoms with van der Waals surface area (Å²) in [4.78, 5) is 23.7. The number of carbonyl (C=O) groups is 2. The van der Waals surface area contributed by atoms with Crippen LogP contribution in [-0.2, 0) is 9.59 Å². The first-order valence-corrected chi connectivity index (χ1v) is 7.54. The summed E-state index contributed by atoms with van der Waals surface area (Å²) >= 11 is 0. The van der Waals surface area contributed by atoms with Gasteiger partial charge >= 0.3 is 5.97 Å². The van der Waals surface area contributed by atoms with Gasteiger partial charge in [0.1, 0.15) is 0 Å². The molecule has 0 saturated heterocycles. The molecule has 1 aliphatic carbocycles. The zero-order chi connectivity index (χ0) is 14.5. The fourth-order valence-corrected chi connectivity index (χ4v) is 3.11. The second-order valence-electron chi connectivity index (χ2n) is 5.67. The number of carboxylic acids is 1. The van der Waals surface area contributed by atoms with Crippen LogP contribution in [0.15, 0.2) is 0 Å². The van der Waals surface area contributed by atoms with Crippen LogP contribution in [0.3, 0.4) is 0 Å². The van der Waals surface area contributed by atoms with Crippen molar-refractivity contribution in [2.24, 2.45) is 11.8 Å². The Labute approximate surface area is 116 Å². The van der Waals surface area contributed by atoms with Gasteiger partial charge in [-0.1, -0.05) is 33.6 Å². The molecule has 0 radical (unpaired) electrons. The van der Waals surface area contributed by atoms with Crippen molar-refractivity contribution in [1.82, 2.24) is 5.32 Å². The first kappa shape index (κ1) is 16.0. The van der Waals surface area contributed by atoms with E-state index in [-0.39, 0.29) is 17.4 Å². The molecule has 0 aliphatic heterocycles. The van der Waals surface area contributed by atoms with Crippen LogP contribution in [0.1, 0.15) is 65.7 Å². The monoisotopic (exact) mass is 269 g/mol. The van der Waals surface area contributed by atoms with Crippen LogP contribution in [-0.4, -0.2) is 22.5 Å². The van der Waals surface area contributed by atoms with Gasteiger partial charge in [0.05, 0.1) is 11.8 Å². The highest BCUT2D eigenvalue weighted by Gasteiger charge is 2.38. The summed E-state index contributed by atoms with van der Waals surface area (Å²) in [6.45, 7) is 6.22. The normalized spacial score (nSPS) is 23.9. The summed E-state index contributed by atoms with van der Waals surface area (Å²) in [5, 5.41) is 12.4. The molecule has 1 fully saturated rings. The summed E-state index contributed by atoms with van der Waals surface area (Å²) in [5.41, 5.74) is -0.169. The van der Waals surface area contributed by atoms with Crippen LogP contribution in [0.25, 0.3) is 0 Å². The predicted octanol–water partition coefficient (Wildman–Crippen LogP) is 2.96. The molecule has 0 spiro atoms. The lowest BCUT2D eigenvalue weighted by Gasteiger charge is -2.36. The largest absolute Gasteiger partial charge is 0.481 e. The van der Waals surface area contributed by atoms with Gasteiger partial charge in [0.15, 0.2) is 0 Å². The number of rotatable bonds is 6. The molecule has 0 aromatic rings. The van der Waals surface area contributed by atoms with E-state index < -0.39 is 11.9 Å². The van der Waals surface area contributed by atoms with Crippen molar-refractivity contribution in [3.05, 3.63) is 0 Å². The molecule has 110 valence electrons. The van der Waals surface area contributed by atoms with Crippen molar-refractivity contribution in [2.75, 3.05) is 0 Å². The molecule has 2 unspecified atom stereocenters. The quantitative estimate of drug-likeness (QED) is 0.779. The van der Waals surface area contributed by atoms with Crippen LogP contribution < -0.4 is 5.32 Å². The van der Waals surface area contributed by atoms with Gasteiger partial charge in [-0.25, -0.2) is 0 Å². The zero-order valence-corrected chi connectivity index (χ0v) is 12.4. The van der Waals surface area contributed by atoms with E-state index in [4.69, 9.17) is 0 Å². The molecular weight excluding hydrogens is 242 g/mol. The van der Waals surface area contributed by atoms with E-state index >= 15 is 0 Å². The molecule has 1 rings (SSSR count). The number of hydrogen-bond acceptors (Lipinski definition) is 2. The van der Waals surface area contributed by atoms with Crippen molar-refractivity contribution in [1.29, 1.82) is 0 Å². The standard InChI is InChI=1S/C15H27NO3/c1-4-15(5-2,6-3)16-13(17)11-9-7-8-10-12(11)14(18)19/h11-12H,4-10H2,1-3H3,(H,16,17)(H,18,19). The third-order valence-electron chi connectivity index (χ3n) is 4.84. The second-order valence-corrected chi connectivity index (χ2v) is 5.67. The molecule has 0 heterocycles. The van der Waals surface area contributed by atoms with E-state index in [2.05, 4.69) is 26.1 Å². The number of hydrogen-bond donors (Lipinski definition) is 2. The first-order chi connectivity index (χ1) is 8.99. The molecule has 2 N–H and O–H groups in total. The SMILES string of the molecule is CCC(CC)(CC)NC(=O)C1CCCCC1C(=O)O. The lowest BCUT2D eigenvalue weighted by Crippen LogP contribution is -2.51. The highest BCUT2D eigenvalue weighted by atomic mass is 16.4. The maximum atomic E-state index is 12.4. The lowest BCUT2D eigenvalue weighted by atomic mass is 9.78. The molecule has 4 nitrogen and oxygen atoms in total. The van der Waals surface area contributed by atoms with Gasteiger partial charge in [-0.05, 0) is 32.1 Å². The minimum absolute atomic E-state index is 0.0577. The van der Waals surface area contributed by atoms with E-state index in [9.17, 15) is 14.7 Å². The molecule has 1 saturated carbocycles. The molecule has 0 aromatic carbocycles. The molecular formula is C15H27NO3. The molecule has 2 atom stereocenters. The Balaban J connectivity index is 2.77. The number of carbonyl (C=O) groups excluding carboxylic acids is 1. The van der Waals surface area contributed by atoms with Crippen LogP contribution in [0.2, 0.25) is 0 Å². The smallest absolute Gasteiger partial charge is 0.307 e. The summed E-state index contributed by atoms with van der Waals surface area (Å²) in [5.74, 6) is -1.74. The molecule has 1 aliphatic rings. The summed E-state index contributed by atoms with van der Waals surface area (Å²) in [6, 6.07) is 0. The lowest BCUT2D eigenvalue weighted by molar-refractivity contribution is -0.149. The minimum atomic E-state index is -0.824. The molecule has 4 heteroatoms. The van der Waals surface area contributed by atoms with Gasteiger partial charge in [0.25, 0.3) is 0 Å². The average molecular weight is 269 g/mol. The predicted molar refractivity (Wildman–Crippen MR) is 74.8 cm³/mol. The van der Waals surface area contributed by atoms with E-state index in [1.165, 1.54) is 0 Å². The summed E-state index contributed by atoms with van der Waals surface area (Å²) in [6.07, 6.45) is 5.86. The Morgan fingerprint density at radius 3 is 1.95 bits per heavy atom. The Morgan fingerprint density at radius 2 is 1.53 bits per heavy atom. The maximum Gasteiger partial charge on any atom is 0.307 e. The molecule has 0 bridgehead atoms. The van der Waals surface area contributed by atoms with Crippen LogP contribution >= 0.6 is 0 Å². The average Bonchev–Trinajstić information content (AvgIpc) is 2.44. The van der Waals surface area contributed by atoms with Crippen molar-refractivity contribution in [3.63, 3.8) is 0 Å². The minimum Gasteiger partial charge on any atom is -0.481 e. The maximum absolute atomic E-state index is 12.4. The zero-order valence-electron chi connectivity index (χ0n) is 12.4. The van der Waals surface area contributed by atoms with Crippen LogP contribution in [0.5, 0.6) is 0 Å². The fourth-order valence-electron chi connectivity index (χ4n) is 3.11. The van der Waals surface area contributed by atoms with Crippen molar-refractivity contribution < 1.29 is 14.7 Å². The summed E-state index contributed by atoms with van der Waals surface area (Å²) < 4.78 is 0. The van der Waals surface area contributed by atoms with E-state index in [1.54, 1.807) is 0 Å². The third-order valence-corrected chi connectivity index (χ3v) is 4.84. The van der Waals surface area contributed by atoms with Gasteiger partial charge in [0, 0.05) is 5.54 Å². The Bertz CT molecular complexity index is 315. The second kappa shape index (κ2) is 6.92. The van der Waals surface area contributed by atoms with Crippen molar-refractivity contribution in [2.45, 2.75) is 71.3 Å². The third kappa shape index (κ3) is 3.71. The number of carboxylic acid groups (broad SMARTS) is 1. The van der Waals surface area contributed by atoms with E-state index in [0.717, 1.165) is 32.1 Å².